The third kappa shape index (κ3) is 4.25. The van der Waals surface area contributed by atoms with Gasteiger partial charge in [0, 0.05) is 6.92 Å². The molecule has 132 valence electrons. The average molecular weight is 368 g/mol. The Labute approximate surface area is 154 Å². The van der Waals surface area contributed by atoms with Crippen LogP contribution in [-0.2, 0) is 4.79 Å². The van der Waals surface area contributed by atoms with Crippen molar-refractivity contribution in [1.29, 1.82) is 0 Å². The van der Waals surface area contributed by atoms with Crippen LogP contribution < -0.4 is 10.2 Å². The topological polar surface area (TPSA) is 94.3 Å². The summed E-state index contributed by atoms with van der Waals surface area (Å²) in [6.45, 7) is 1.44. The van der Waals surface area contributed by atoms with E-state index in [0.717, 1.165) is 28.9 Å². The van der Waals surface area contributed by atoms with Gasteiger partial charge in [-0.1, -0.05) is 18.2 Å². The third-order valence-corrected chi connectivity index (χ3v) is 4.32. The molecule has 0 spiro atoms. The molecule has 1 N–H and O–H groups in total. The van der Waals surface area contributed by atoms with Crippen LogP contribution in [0.25, 0.3) is 5.69 Å². The molecule has 2 aromatic carbocycles. The summed E-state index contributed by atoms with van der Waals surface area (Å²) in [5, 5.41) is 16.5. The lowest BCUT2D eigenvalue weighted by molar-refractivity contribution is -0.110. The lowest BCUT2D eigenvalue weighted by Gasteiger charge is -2.06. The van der Waals surface area contributed by atoms with Gasteiger partial charge in [-0.05, 0) is 58.6 Å². The summed E-state index contributed by atoms with van der Waals surface area (Å²) in [5.41, 5.74) is 4.39. The quantitative estimate of drug-likeness (QED) is 0.309. The van der Waals surface area contributed by atoms with Crippen LogP contribution in [0.3, 0.4) is 0 Å². The molecule has 0 aliphatic carbocycles. The molecule has 26 heavy (non-hydrogen) atoms. The van der Waals surface area contributed by atoms with E-state index >= 15 is 0 Å². The molecule has 0 saturated carbocycles. The van der Waals surface area contributed by atoms with Crippen molar-refractivity contribution in [1.82, 2.24) is 20.2 Å². The molecule has 0 bridgehead atoms. The van der Waals surface area contributed by atoms with Gasteiger partial charge in [-0.15, -0.1) is 5.10 Å². The summed E-state index contributed by atoms with van der Waals surface area (Å²) in [7, 11) is 1.60. The van der Waals surface area contributed by atoms with Crippen molar-refractivity contribution >= 4 is 28.3 Å². The molecule has 3 aromatic rings. The second-order valence-electron chi connectivity index (χ2n) is 5.12. The van der Waals surface area contributed by atoms with Crippen LogP contribution in [0.4, 0.5) is 5.69 Å². The molecule has 0 amide bonds. The Hall–Kier alpha value is -3.20. The summed E-state index contributed by atoms with van der Waals surface area (Å²) in [5.74, 6) is 0.543. The number of carbonyl (C=O) groups excluding carboxylic acids is 1. The Morgan fingerprint density at radius 3 is 2.54 bits per heavy atom. The maximum absolute atomic E-state index is 12.0. The zero-order valence-corrected chi connectivity index (χ0v) is 15.0. The molecule has 0 aliphatic rings. The first-order chi connectivity index (χ1) is 12.7. The van der Waals surface area contributed by atoms with Crippen LogP contribution >= 0.6 is 11.8 Å². The molecule has 1 aromatic heterocycles. The number of Topliss-reactive ketones (excluding diaryl/α,β-unsaturated/α-hetero) is 1. The first kappa shape index (κ1) is 17.6. The van der Waals surface area contributed by atoms with E-state index in [2.05, 4.69) is 26.1 Å². The number of ether oxygens (including phenoxy) is 1. The van der Waals surface area contributed by atoms with Crippen molar-refractivity contribution in [2.24, 2.45) is 5.10 Å². The second kappa shape index (κ2) is 8.26. The number of rotatable bonds is 6. The number of para-hydroxylation sites is 1. The molecule has 0 saturated heterocycles. The summed E-state index contributed by atoms with van der Waals surface area (Å²) < 4.78 is 6.66. The van der Waals surface area contributed by atoms with E-state index in [9.17, 15) is 4.79 Å². The standard InChI is InChI=1S/C17H16N6O2S/c1-12(24)16(19-18-13-8-10-15(25-2)11-9-13)26-17-20-21-22-23(17)14-6-4-3-5-7-14/h3-11,18H,1-2H3. The summed E-state index contributed by atoms with van der Waals surface area (Å²) in [4.78, 5) is 12.0. The van der Waals surface area contributed by atoms with Gasteiger partial charge in [-0.3, -0.25) is 10.2 Å². The summed E-state index contributed by atoms with van der Waals surface area (Å²) in [6, 6.07) is 16.6. The molecule has 3 rings (SSSR count). The van der Waals surface area contributed by atoms with Crippen molar-refractivity contribution in [3.05, 3.63) is 54.6 Å². The number of benzene rings is 2. The monoisotopic (exact) mass is 368 g/mol. The number of anilines is 1. The van der Waals surface area contributed by atoms with E-state index in [1.54, 1.807) is 36.1 Å². The molecule has 0 radical (unpaired) electrons. The Bertz CT molecular complexity index is 909. The fourth-order valence-corrected chi connectivity index (χ4v) is 2.73. The number of ketones is 1. The minimum Gasteiger partial charge on any atom is -0.497 e. The zero-order chi connectivity index (χ0) is 18.4. The normalized spacial score (nSPS) is 11.2. The minimum absolute atomic E-state index is 0.196. The molecule has 0 unspecified atom stereocenters. The maximum atomic E-state index is 12.0. The first-order valence-corrected chi connectivity index (χ1v) is 8.49. The SMILES string of the molecule is COc1ccc(NN=C(Sc2nnnn2-c2ccccc2)C(C)=O)cc1. The number of tetrazole rings is 1. The van der Waals surface area contributed by atoms with Crippen LogP contribution in [-0.4, -0.2) is 38.1 Å². The lowest BCUT2D eigenvalue weighted by atomic mass is 10.3. The Kier molecular flexibility index (Phi) is 5.59. The van der Waals surface area contributed by atoms with Gasteiger partial charge in [0.15, 0.2) is 10.8 Å². The van der Waals surface area contributed by atoms with Gasteiger partial charge < -0.3 is 4.74 Å². The fourth-order valence-electron chi connectivity index (χ4n) is 2.01. The van der Waals surface area contributed by atoms with Crippen molar-refractivity contribution in [2.45, 2.75) is 12.1 Å². The van der Waals surface area contributed by atoms with E-state index in [1.165, 1.54) is 6.92 Å². The number of nitrogens with one attached hydrogen (secondary N) is 1. The first-order valence-electron chi connectivity index (χ1n) is 7.67. The molecule has 0 atom stereocenters. The third-order valence-electron chi connectivity index (χ3n) is 3.31. The van der Waals surface area contributed by atoms with E-state index < -0.39 is 0 Å². The predicted octanol–water partition coefficient (Wildman–Crippen LogP) is 2.78. The number of hydrazone groups is 1. The molecule has 1 heterocycles. The van der Waals surface area contributed by atoms with Crippen molar-refractivity contribution in [3.8, 4) is 11.4 Å². The van der Waals surface area contributed by atoms with E-state index in [0.29, 0.717) is 5.16 Å². The number of methoxy groups -OCH3 is 1. The summed E-state index contributed by atoms with van der Waals surface area (Å²) >= 11 is 1.09. The number of nitrogens with zero attached hydrogens (tertiary/aromatic N) is 5. The highest BCUT2D eigenvalue weighted by Gasteiger charge is 2.16. The highest BCUT2D eigenvalue weighted by molar-refractivity contribution is 8.15. The molecule has 8 nitrogen and oxygen atoms in total. The highest BCUT2D eigenvalue weighted by Crippen LogP contribution is 2.21. The number of aromatic nitrogens is 4. The number of carbonyl (C=O) groups is 1. The highest BCUT2D eigenvalue weighted by atomic mass is 32.2. The number of thioether (sulfide) groups is 1. The van der Waals surface area contributed by atoms with Crippen LogP contribution in [0.5, 0.6) is 5.75 Å². The van der Waals surface area contributed by atoms with Crippen LogP contribution in [0.2, 0.25) is 0 Å². The summed E-state index contributed by atoms with van der Waals surface area (Å²) in [6.07, 6.45) is 0. The second-order valence-corrected chi connectivity index (χ2v) is 6.08. The molecule has 0 fully saturated rings. The average Bonchev–Trinajstić information content (AvgIpc) is 3.14. The van der Waals surface area contributed by atoms with Crippen molar-refractivity contribution < 1.29 is 9.53 Å². The zero-order valence-electron chi connectivity index (χ0n) is 14.2. The van der Waals surface area contributed by atoms with Gasteiger partial charge in [0.1, 0.15) is 5.75 Å². The van der Waals surface area contributed by atoms with Crippen LogP contribution in [0.15, 0.2) is 64.9 Å². The minimum atomic E-state index is -0.196. The van der Waals surface area contributed by atoms with Gasteiger partial charge in [-0.2, -0.15) is 9.78 Å². The smallest absolute Gasteiger partial charge is 0.220 e. The molecule has 9 heteroatoms. The van der Waals surface area contributed by atoms with Crippen LogP contribution in [0.1, 0.15) is 6.92 Å². The van der Waals surface area contributed by atoms with E-state index in [1.807, 2.05) is 30.3 Å². The number of hydrogen-bond acceptors (Lipinski definition) is 8. The number of hydrogen-bond donors (Lipinski definition) is 1. The largest absolute Gasteiger partial charge is 0.497 e. The predicted molar refractivity (Wildman–Crippen MR) is 99.7 cm³/mol. The molecule has 0 aliphatic heterocycles. The Balaban J connectivity index is 1.79. The van der Waals surface area contributed by atoms with E-state index in [4.69, 9.17) is 4.74 Å². The van der Waals surface area contributed by atoms with Gasteiger partial charge in [-0.25, -0.2) is 0 Å². The van der Waals surface area contributed by atoms with Crippen molar-refractivity contribution in [2.75, 3.05) is 12.5 Å². The van der Waals surface area contributed by atoms with Crippen molar-refractivity contribution in [3.63, 3.8) is 0 Å². The lowest BCUT2D eigenvalue weighted by Crippen LogP contribution is -2.10. The van der Waals surface area contributed by atoms with Gasteiger partial charge in [0.05, 0.1) is 18.5 Å². The fraction of sp³-hybridized carbons (Fsp3) is 0.118. The Morgan fingerprint density at radius 1 is 1.15 bits per heavy atom. The van der Waals surface area contributed by atoms with Gasteiger partial charge in [0.2, 0.25) is 5.16 Å². The Morgan fingerprint density at radius 2 is 1.88 bits per heavy atom. The van der Waals surface area contributed by atoms with Gasteiger partial charge in [0.25, 0.3) is 0 Å². The maximum Gasteiger partial charge on any atom is 0.220 e. The molecular formula is C17H16N6O2S. The molecular weight excluding hydrogens is 352 g/mol. The van der Waals surface area contributed by atoms with Crippen LogP contribution in [0, 0.1) is 0 Å². The van der Waals surface area contributed by atoms with Gasteiger partial charge >= 0.3 is 0 Å². The van der Waals surface area contributed by atoms with E-state index in [-0.39, 0.29) is 10.8 Å².